The summed E-state index contributed by atoms with van der Waals surface area (Å²) in [4.78, 5) is 24.7. The minimum Gasteiger partial charge on any atom is -0.481 e. The molecule has 1 aliphatic rings. The van der Waals surface area contributed by atoms with Gasteiger partial charge in [-0.15, -0.1) is 0 Å². The second-order valence-electron chi connectivity index (χ2n) is 6.18. The summed E-state index contributed by atoms with van der Waals surface area (Å²) in [5, 5.41) is 11.8. The van der Waals surface area contributed by atoms with Gasteiger partial charge < -0.3 is 15.3 Å². The van der Waals surface area contributed by atoms with Crippen LogP contribution in [0.2, 0.25) is 0 Å². The highest BCUT2D eigenvalue weighted by Crippen LogP contribution is 2.22. The highest BCUT2D eigenvalue weighted by molar-refractivity contribution is 5.74. The van der Waals surface area contributed by atoms with E-state index in [0.29, 0.717) is 11.8 Å². The quantitative estimate of drug-likeness (QED) is 0.759. The number of carbonyl (C=O) groups excluding carboxylic acids is 1. The van der Waals surface area contributed by atoms with Crippen molar-refractivity contribution < 1.29 is 14.7 Å². The first-order valence-electron chi connectivity index (χ1n) is 8.25. The van der Waals surface area contributed by atoms with Crippen molar-refractivity contribution in [2.75, 3.05) is 13.1 Å². The van der Waals surface area contributed by atoms with Gasteiger partial charge in [-0.2, -0.15) is 0 Å². The van der Waals surface area contributed by atoms with Crippen molar-refractivity contribution in [1.82, 2.24) is 10.2 Å². The number of carboxylic acids is 1. The van der Waals surface area contributed by atoms with Crippen LogP contribution in [-0.4, -0.2) is 41.1 Å². The van der Waals surface area contributed by atoms with Crippen molar-refractivity contribution in [1.29, 1.82) is 0 Å². The number of amides is 2. The van der Waals surface area contributed by atoms with Crippen LogP contribution < -0.4 is 5.32 Å². The van der Waals surface area contributed by atoms with Crippen molar-refractivity contribution in [2.24, 2.45) is 11.8 Å². The Labute approximate surface area is 128 Å². The Morgan fingerprint density at radius 2 is 1.81 bits per heavy atom. The van der Waals surface area contributed by atoms with Crippen molar-refractivity contribution >= 4 is 12.0 Å². The van der Waals surface area contributed by atoms with E-state index in [2.05, 4.69) is 26.1 Å². The molecule has 122 valence electrons. The fourth-order valence-corrected chi connectivity index (χ4v) is 3.15. The van der Waals surface area contributed by atoms with Gasteiger partial charge in [-0.1, -0.05) is 26.7 Å². The molecule has 1 saturated heterocycles. The van der Waals surface area contributed by atoms with E-state index < -0.39 is 5.97 Å². The molecule has 1 atom stereocenters. The minimum absolute atomic E-state index is 0.0334. The maximum Gasteiger partial charge on any atom is 0.317 e. The van der Waals surface area contributed by atoms with Crippen LogP contribution in [-0.2, 0) is 4.79 Å². The SMILES string of the molecule is CCC(CC)C(C)NC(=O)N1CCC(CCC(=O)O)CC1. The minimum atomic E-state index is -0.728. The molecular weight excluding hydrogens is 268 g/mol. The number of likely N-dealkylation sites (tertiary alicyclic amines) is 1. The van der Waals surface area contributed by atoms with Crippen molar-refractivity contribution in [3.05, 3.63) is 0 Å². The lowest BCUT2D eigenvalue weighted by Gasteiger charge is -2.33. The fourth-order valence-electron chi connectivity index (χ4n) is 3.15. The zero-order valence-electron chi connectivity index (χ0n) is 13.6. The van der Waals surface area contributed by atoms with Gasteiger partial charge in [-0.05, 0) is 38.0 Å². The third-order valence-corrected chi connectivity index (χ3v) is 4.78. The van der Waals surface area contributed by atoms with E-state index in [4.69, 9.17) is 5.11 Å². The Hall–Kier alpha value is -1.26. The number of hydrogen-bond acceptors (Lipinski definition) is 2. The molecule has 1 heterocycles. The van der Waals surface area contributed by atoms with E-state index in [1.165, 1.54) is 0 Å². The van der Waals surface area contributed by atoms with Crippen LogP contribution >= 0.6 is 0 Å². The second-order valence-corrected chi connectivity index (χ2v) is 6.18. The molecule has 0 spiro atoms. The van der Waals surface area contributed by atoms with Gasteiger partial charge in [-0.3, -0.25) is 4.79 Å². The van der Waals surface area contributed by atoms with Gasteiger partial charge in [0.25, 0.3) is 0 Å². The number of nitrogens with zero attached hydrogens (tertiary/aromatic N) is 1. The van der Waals surface area contributed by atoms with E-state index in [0.717, 1.165) is 45.2 Å². The van der Waals surface area contributed by atoms with Crippen molar-refractivity contribution in [2.45, 2.75) is 65.3 Å². The third-order valence-electron chi connectivity index (χ3n) is 4.78. The van der Waals surface area contributed by atoms with Crippen molar-refractivity contribution in [3.8, 4) is 0 Å². The first kappa shape index (κ1) is 17.8. The maximum absolute atomic E-state index is 12.2. The molecule has 21 heavy (non-hydrogen) atoms. The molecule has 0 aliphatic carbocycles. The summed E-state index contributed by atoms with van der Waals surface area (Å²) in [6.45, 7) is 7.88. The summed E-state index contributed by atoms with van der Waals surface area (Å²) in [6, 6.07) is 0.239. The van der Waals surface area contributed by atoms with Crippen molar-refractivity contribution in [3.63, 3.8) is 0 Å². The molecule has 1 rings (SSSR count). The number of urea groups is 1. The number of rotatable bonds is 7. The average molecular weight is 298 g/mol. The van der Waals surface area contributed by atoms with Gasteiger partial charge in [0.2, 0.25) is 0 Å². The van der Waals surface area contributed by atoms with Gasteiger partial charge in [0, 0.05) is 25.6 Å². The predicted molar refractivity (Wildman–Crippen MR) is 83.2 cm³/mol. The average Bonchev–Trinajstić information content (AvgIpc) is 2.46. The molecule has 5 nitrogen and oxygen atoms in total. The summed E-state index contributed by atoms with van der Waals surface area (Å²) >= 11 is 0. The molecule has 5 heteroatoms. The number of hydrogen-bond donors (Lipinski definition) is 2. The van der Waals surface area contributed by atoms with Gasteiger partial charge in [0.1, 0.15) is 0 Å². The van der Waals surface area contributed by atoms with Crippen LogP contribution in [0.15, 0.2) is 0 Å². The Bertz CT molecular complexity index is 334. The molecule has 0 aromatic carbocycles. The number of carboxylic acid groups (broad SMARTS) is 1. The zero-order valence-corrected chi connectivity index (χ0v) is 13.6. The first-order chi connectivity index (χ1) is 9.97. The Kier molecular flexibility index (Phi) is 7.54. The van der Waals surface area contributed by atoms with Gasteiger partial charge >= 0.3 is 12.0 Å². The smallest absolute Gasteiger partial charge is 0.317 e. The van der Waals surface area contributed by atoms with E-state index in [9.17, 15) is 9.59 Å². The molecule has 2 N–H and O–H groups in total. The normalized spacial score (nSPS) is 17.8. The largest absolute Gasteiger partial charge is 0.481 e. The zero-order chi connectivity index (χ0) is 15.8. The number of piperidine rings is 1. The first-order valence-corrected chi connectivity index (χ1v) is 8.25. The molecule has 0 aromatic rings. The van der Waals surface area contributed by atoms with Crippen LogP contribution in [0.5, 0.6) is 0 Å². The van der Waals surface area contributed by atoms with Crippen LogP contribution in [0.25, 0.3) is 0 Å². The number of carbonyl (C=O) groups is 2. The number of nitrogens with one attached hydrogen (secondary N) is 1. The van der Waals surface area contributed by atoms with E-state index in [1.807, 2.05) is 4.90 Å². The standard InChI is InChI=1S/C16H30N2O3/c1-4-14(5-2)12(3)17-16(21)18-10-8-13(9-11-18)6-7-15(19)20/h12-14H,4-11H2,1-3H3,(H,17,21)(H,19,20). The maximum atomic E-state index is 12.2. The highest BCUT2D eigenvalue weighted by atomic mass is 16.4. The Morgan fingerprint density at radius 1 is 1.24 bits per heavy atom. The molecule has 1 aliphatic heterocycles. The van der Waals surface area contributed by atoms with Crippen LogP contribution in [0.1, 0.15) is 59.3 Å². The molecular formula is C16H30N2O3. The number of aliphatic carboxylic acids is 1. The summed E-state index contributed by atoms with van der Waals surface area (Å²) in [7, 11) is 0. The molecule has 0 saturated carbocycles. The lowest BCUT2D eigenvalue weighted by Crippen LogP contribution is -2.48. The summed E-state index contributed by atoms with van der Waals surface area (Å²) in [6.07, 6.45) is 4.96. The van der Waals surface area contributed by atoms with Gasteiger partial charge in [0.05, 0.1) is 0 Å². The summed E-state index contributed by atoms with van der Waals surface area (Å²) < 4.78 is 0. The molecule has 1 fully saturated rings. The fraction of sp³-hybridized carbons (Fsp3) is 0.875. The monoisotopic (exact) mass is 298 g/mol. The van der Waals surface area contributed by atoms with Crippen LogP contribution in [0, 0.1) is 11.8 Å². The molecule has 1 unspecified atom stereocenters. The predicted octanol–water partition coefficient (Wildman–Crippen LogP) is 3.10. The second kappa shape index (κ2) is 8.90. The molecule has 0 bridgehead atoms. The summed E-state index contributed by atoms with van der Waals surface area (Å²) in [5.74, 6) is 0.248. The van der Waals surface area contributed by atoms with E-state index >= 15 is 0 Å². The van der Waals surface area contributed by atoms with E-state index in [1.54, 1.807) is 0 Å². The lowest BCUT2D eigenvalue weighted by atomic mass is 9.92. The van der Waals surface area contributed by atoms with Crippen LogP contribution in [0.4, 0.5) is 4.79 Å². The Balaban J connectivity index is 2.33. The molecule has 0 radical (unpaired) electrons. The highest BCUT2D eigenvalue weighted by Gasteiger charge is 2.25. The molecule has 2 amide bonds. The topological polar surface area (TPSA) is 69.6 Å². The van der Waals surface area contributed by atoms with E-state index in [-0.39, 0.29) is 18.5 Å². The van der Waals surface area contributed by atoms with Gasteiger partial charge in [-0.25, -0.2) is 4.79 Å². The Morgan fingerprint density at radius 3 is 2.29 bits per heavy atom. The summed E-state index contributed by atoms with van der Waals surface area (Å²) in [5.41, 5.74) is 0. The van der Waals surface area contributed by atoms with Crippen LogP contribution in [0.3, 0.4) is 0 Å². The third kappa shape index (κ3) is 5.94. The van der Waals surface area contributed by atoms with Gasteiger partial charge in [0.15, 0.2) is 0 Å². The molecule has 0 aromatic heterocycles. The lowest BCUT2D eigenvalue weighted by molar-refractivity contribution is -0.137.